The maximum atomic E-state index is 13.0. The van der Waals surface area contributed by atoms with Crippen LogP contribution in [0, 0.1) is 6.92 Å². The summed E-state index contributed by atoms with van der Waals surface area (Å²) < 4.78 is 70.3. The Bertz CT molecular complexity index is 1270. The summed E-state index contributed by atoms with van der Waals surface area (Å²) in [7, 11) is 0. The lowest BCUT2D eigenvalue weighted by Gasteiger charge is -2.29. The third-order valence-corrected chi connectivity index (χ3v) is 6.36. The van der Waals surface area contributed by atoms with Crippen LogP contribution in [0.5, 0.6) is 0 Å². The van der Waals surface area contributed by atoms with Gasteiger partial charge in [-0.15, -0.1) is 0 Å². The number of carbonyl (C=O) groups is 1. The molecule has 12 heteroatoms. The smallest absolute Gasteiger partial charge is 0.378 e. The van der Waals surface area contributed by atoms with Gasteiger partial charge in [-0.1, -0.05) is 43.1 Å². The number of anilines is 3. The number of nitrogens with zero attached hydrogens (tertiary/aromatic N) is 2. The summed E-state index contributed by atoms with van der Waals surface area (Å²) in [5.41, 5.74) is 1.83. The number of ether oxygens (including phenoxy) is 1. The predicted molar refractivity (Wildman–Crippen MR) is 157 cm³/mol. The summed E-state index contributed by atoms with van der Waals surface area (Å²) in [6.07, 6.45) is -2.37. The SMILES string of the molecule is C=C(/N=C(C)\C(=C/C)C(F)(F)F)Nc1ccc(N2CCOCC2)cc1SC(F)F.C=CC(=O)Nc1cccc(C)c1. The van der Waals surface area contributed by atoms with Crippen molar-refractivity contribution < 1.29 is 31.5 Å². The summed E-state index contributed by atoms with van der Waals surface area (Å²) in [4.78, 5) is 17.0. The highest BCUT2D eigenvalue weighted by Crippen LogP contribution is 2.36. The molecule has 1 aliphatic rings. The molecule has 0 radical (unpaired) electrons. The molecule has 0 aromatic heterocycles. The van der Waals surface area contributed by atoms with Gasteiger partial charge >= 0.3 is 6.18 Å². The zero-order chi connectivity index (χ0) is 30.6. The predicted octanol–water partition coefficient (Wildman–Crippen LogP) is 7.81. The van der Waals surface area contributed by atoms with Crippen molar-refractivity contribution in [3.63, 3.8) is 0 Å². The fourth-order valence-corrected chi connectivity index (χ4v) is 4.39. The molecular formula is C29H33F5N4O2S. The molecule has 1 heterocycles. The largest absolute Gasteiger partial charge is 0.417 e. The van der Waals surface area contributed by atoms with Crippen LogP contribution in [0.3, 0.4) is 0 Å². The Morgan fingerprint density at radius 2 is 1.83 bits per heavy atom. The van der Waals surface area contributed by atoms with Gasteiger partial charge in [-0.2, -0.15) is 22.0 Å². The van der Waals surface area contributed by atoms with Gasteiger partial charge in [-0.05, 0) is 62.7 Å². The number of aryl methyl sites for hydroxylation is 1. The molecule has 222 valence electrons. The Morgan fingerprint density at radius 1 is 1.15 bits per heavy atom. The van der Waals surface area contributed by atoms with Gasteiger partial charge in [0.05, 0.1) is 30.2 Å². The Labute approximate surface area is 241 Å². The van der Waals surface area contributed by atoms with Gasteiger partial charge in [0.15, 0.2) is 0 Å². The first-order valence-corrected chi connectivity index (χ1v) is 13.4. The normalized spacial score (nSPS) is 14.2. The van der Waals surface area contributed by atoms with E-state index in [-0.39, 0.29) is 22.3 Å². The highest BCUT2D eigenvalue weighted by atomic mass is 32.2. The molecule has 0 atom stereocenters. The third kappa shape index (κ3) is 11.4. The Balaban J connectivity index is 0.000000408. The first-order valence-electron chi connectivity index (χ1n) is 12.5. The number of allylic oxidation sites excluding steroid dienone is 2. The van der Waals surface area contributed by atoms with Gasteiger partial charge in [-0.3, -0.25) is 4.79 Å². The highest BCUT2D eigenvalue weighted by Gasteiger charge is 2.34. The summed E-state index contributed by atoms with van der Waals surface area (Å²) in [5, 5.41) is 5.41. The maximum Gasteiger partial charge on any atom is 0.417 e. The number of aliphatic imine (C=N–C) groups is 1. The van der Waals surface area contributed by atoms with E-state index in [1.165, 1.54) is 19.9 Å². The van der Waals surface area contributed by atoms with Crippen molar-refractivity contribution in [2.24, 2.45) is 4.99 Å². The van der Waals surface area contributed by atoms with Gasteiger partial charge in [-0.25, -0.2) is 4.99 Å². The molecule has 0 aliphatic carbocycles. The van der Waals surface area contributed by atoms with Crippen LogP contribution in [-0.2, 0) is 9.53 Å². The molecular weight excluding hydrogens is 563 g/mol. The van der Waals surface area contributed by atoms with Crippen molar-refractivity contribution >= 4 is 40.4 Å². The van der Waals surface area contributed by atoms with Gasteiger partial charge in [0.2, 0.25) is 5.91 Å². The van der Waals surface area contributed by atoms with Gasteiger partial charge in [0.1, 0.15) is 5.82 Å². The fourth-order valence-electron chi connectivity index (χ4n) is 3.77. The number of hydrogen-bond acceptors (Lipinski definition) is 6. The van der Waals surface area contributed by atoms with Crippen LogP contribution in [0.1, 0.15) is 19.4 Å². The van der Waals surface area contributed by atoms with Crippen molar-refractivity contribution in [3.05, 3.63) is 84.7 Å². The number of amides is 1. The number of halogens is 5. The minimum absolute atomic E-state index is 0.0821. The lowest BCUT2D eigenvalue weighted by atomic mass is 10.1. The van der Waals surface area contributed by atoms with Gasteiger partial charge in [0.25, 0.3) is 5.76 Å². The molecule has 1 aliphatic heterocycles. The zero-order valence-corrected chi connectivity index (χ0v) is 23.8. The molecule has 0 saturated carbocycles. The summed E-state index contributed by atoms with van der Waals surface area (Å²) in [5.74, 6) is -2.92. The van der Waals surface area contributed by atoms with E-state index in [4.69, 9.17) is 4.74 Å². The molecule has 1 saturated heterocycles. The number of benzene rings is 2. The third-order valence-electron chi connectivity index (χ3n) is 5.59. The van der Waals surface area contributed by atoms with E-state index >= 15 is 0 Å². The second-order valence-corrected chi connectivity index (χ2v) is 9.72. The van der Waals surface area contributed by atoms with E-state index in [0.717, 1.165) is 23.0 Å². The molecule has 1 amide bonds. The van der Waals surface area contributed by atoms with Gasteiger partial charge in [0, 0.05) is 29.4 Å². The highest BCUT2D eigenvalue weighted by molar-refractivity contribution is 7.99. The van der Waals surface area contributed by atoms with E-state index in [1.807, 2.05) is 36.1 Å². The van der Waals surface area contributed by atoms with Crippen LogP contribution >= 0.6 is 11.8 Å². The minimum atomic E-state index is -4.54. The lowest BCUT2D eigenvalue weighted by Crippen LogP contribution is -2.36. The molecule has 1 fully saturated rings. The molecule has 2 N–H and O–H groups in total. The molecule has 3 rings (SSSR count). The van der Waals surface area contributed by atoms with Crippen LogP contribution in [-0.4, -0.2) is 49.9 Å². The monoisotopic (exact) mass is 596 g/mol. The number of hydrogen-bond donors (Lipinski definition) is 2. The van der Waals surface area contributed by atoms with Crippen LogP contribution in [0.4, 0.5) is 39.0 Å². The molecule has 2 aromatic rings. The topological polar surface area (TPSA) is 66.0 Å². The molecule has 0 unspecified atom stereocenters. The van der Waals surface area contributed by atoms with Crippen LogP contribution in [0.25, 0.3) is 0 Å². The van der Waals surface area contributed by atoms with Crippen molar-refractivity contribution in [1.82, 2.24) is 0 Å². The Kier molecular flexibility index (Phi) is 13.1. The summed E-state index contributed by atoms with van der Waals surface area (Å²) in [6, 6.07) is 12.6. The number of carbonyl (C=O) groups excluding carboxylic acids is 1. The minimum Gasteiger partial charge on any atom is -0.378 e. The number of nitrogens with one attached hydrogen (secondary N) is 2. The van der Waals surface area contributed by atoms with Crippen molar-refractivity contribution in [1.29, 1.82) is 0 Å². The Morgan fingerprint density at radius 3 is 2.39 bits per heavy atom. The number of morpholine rings is 1. The van der Waals surface area contributed by atoms with Crippen LogP contribution in [0.15, 0.2) is 89.1 Å². The fraction of sp³-hybridized carbons (Fsp3) is 0.310. The number of rotatable bonds is 9. The molecule has 0 spiro atoms. The van der Waals surface area contributed by atoms with E-state index in [1.54, 1.807) is 18.2 Å². The molecule has 6 nitrogen and oxygen atoms in total. The second-order valence-electron chi connectivity index (χ2n) is 8.69. The van der Waals surface area contributed by atoms with E-state index < -0.39 is 17.5 Å². The lowest BCUT2D eigenvalue weighted by molar-refractivity contribution is -0.111. The van der Waals surface area contributed by atoms with E-state index in [9.17, 15) is 26.7 Å². The van der Waals surface area contributed by atoms with Crippen LogP contribution in [0.2, 0.25) is 0 Å². The molecule has 2 aromatic carbocycles. The summed E-state index contributed by atoms with van der Waals surface area (Å²) >= 11 is 0.344. The molecule has 41 heavy (non-hydrogen) atoms. The zero-order valence-electron chi connectivity index (χ0n) is 23.0. The number of thioether (sulfide) groups is 1. The van der Waals surface area contributed by atoms with Crippen molar-refractivity contribution in [2.45, 2.75) is 37.6 Å². The molecule has 0 bridgehead atoms. The van der Waals surface area contributed by atoms with Crippen molar-refractivity contribution in [2.75, 3.05) is 41.8 Å². The quantitative estimate of drug-likeness (QED) is 0.134. The Hall–Kier alpha value is -3.64. The first kappa shape index (κ1) is 33.6. The van der Waals surface area contributed by atoms with Crippen LogP contribution < -0.4 is 15.5 Å². The van der Waals surface area contributed by atoms with E-state index in [0.29, 0.717) is 43.8 Å². The van der Waals surface area contributed by atoms with E-state index in [2.05, 4.69) is 28.8 Å². The average Bonchev–Trinajstić information content (AvgIpc) is 2.89. The van der Waals surface area contributed by atoms with Gasteiger partial charge < -0.3 is 20.3 Å². The summed E-state index contributed by atoms with van der Waals surface area (Å²) in [6.45, 7) is 13.8. The standard InChI is InChI=1S/C19H22F5N3OS.C10H11NO/c1-4-15(19(22,23)24)12(2)25-13(3)26-16-6-5-14(11-17(16)29-18(20)21)27-7-9-28-10-8-27;1-3-10(12)11-9-6-4-5-8(2)7-9/h4-6,11,18,26H,3,7-10H2,1-2H3;3-7H,1H2,2H3,(H,11,12)/b15-4+,25-12-;. The average molecular weight is 597 g/mol. The van der Waals surface area contributed by atoms with Crippen molar-refractivity contribution in [3.8, 4) is 0 Å². The maximum absolute atomic E-state index is 13.0. The first-order chi connectivity index (χ1) is 19.3. The second kappa shape index (κ2) is 16.0. The number of alkyl halides is 5.